The second-order valence-corrected chi connectivity index (χ2v) is 3.43. The Morgan fingerprint density at radius 3 is 2.80 bits per heavy atom. The third-order valence-electron chi connectivity index (χ3n) is 2.14. The van der Waals surface area contributed by atoms with Gasteiger partial charge in [-0.25, -0.2) is 4.99 Å². The summed E-state index contributed by atoms with van der Waals surface area (Å²) in [6, 6.07) is 0. The van der Waals surface area contributed by atoms with Crippen LogP contribution < -0.4 is 11.1 Å². The molecule has 84 valence electrons. The third-order valence-corrected chi connectivity index (χ3v) is 2.14. The highest BCUT2D eigenvalue weighted by Gasteiger charge is 2.07. The van der Waals surface area contributed by atoms with Gasteiger partial charge in [-0.15, -0.1) is 0 Å². The van der Waals surface area contributed by atoms with Crippen molar-refractivity contribution in [3.05, 3.63) is 17.0 Å². The summed E-state index contributed by atoms with van der Waals surface area (Å²) in [6.07, 6.45) is 1.03. The lowest BCUT2D eigenvalue weighted by Crippen LogP contribution is -2.32. The maximum Gasteiger partial charge on any atom is 0.188 e. The fourth-order valence-corrected chi connectivity index (χ4v) is 1.20. The molecule has 0 aromatic carbocycles. The molecular weight excluding hydrogens is 192 g/mol. The minimum atomic E-state index is 0.469. The third kappa shape index (κ3) is 3.27. The van der Waals surface area contributed by atoms with Crippen LogP contribution in [0.15, 0.2) is 9.52 Å². The molecule has 0 radical (unpaired) electrons. The molecule has 0 spiro atoms. The number of aryl methyl sites for hydroxylation is 2. The predicted molar refractivity (Wildman–Crippen MR) is 59.6 cm³/mol. The van der Waals surface area contributed by atoms with Crippen LogP contribution in [-0.2, 0) is 6.54 Å². The van der Waals surface area contributed by atoms with E-state index in [1.807, 2.05) is 13.8 Å². The highest BCUT2D eigenvalue weighted by molar-refractivity contribution is 5.77. The van der Waals surface area contributed by atoms with Gasteiger partial charge in [0.2, 0.25) is 0 Å². The molecule has 0 saturated heterocycles. The van der Waals surface area contributed by atoms with Crippen LogP contribution in [0, 0.1) is 13.8 Å². The van der Waals surface area contributed by atoms with Crippen molar-refractivity contribution in [1.82, 2.24) is 10.5 Å². The molecule has 15 heavy (non-hydrogen) atoms. The van der Waals surface area contributed by atoms with Gasteiger partial charge in [0.15, 0.2) is 5.96 Å². The molecule has 1 aromatic heterocycles. The molecule has 0 amide bonds. The first kappa shape index (κ1) is 11.6. The fourth-order valence-electron chi connectivity index (χ4n) is 1.20. The van der Waals surface area contributed by atoms with Gasteiger partial charge in [0.05, 0.1) is 12.2 Å². The van der Waals surface area contributed by atoms with Crippen LogP contribution in [0.3, 0.4) is 0 Å². The number of nitrogens with two attached hydrogens (primary N) is 1. The zero-order valence-corrected chi connectivity index (χ0v) is 9.50. The second-order valence-electron chi connectivity index (χ2n) is 3.43. The van der Waals surface area contributed by atoms with Crippen molar-refractivity contribution in [2.75, 3.05) is 6.54 Å². The fraction of sp³-hybridized carbons (Fsp3) is 0.600. The Bertz CT molecular complexity index is 324. The van der Waals surface area contributed by atoms with E-state index in [0.717, 1.165) is 30.0 Å². The largest absolute Gasteiger partial charge is 0.370 e. The number of nitrogens with zero attached hydrogens (tertiary/aromatic N) is 2. The minimum absolute atomic E-state index is 0.469. The molecule has 3 N–H and O–H groups in total. The zero-order valence-electron chi connectivity index (χ0n) is 9.50. The molecule has 1 heterocycles. The lowest BCUT2D eigenvalue weighted by Gasteiger charge is -2.02. The number of hydrogen-bond donors (Lipinski definition) is 2. The number of rotatable bonds is 4. The smallest absolute Gasteiger partial charge is 0.188 e. The Morgan fingerprint density at radius 1 is 1.53 bits per heavy atom. The van der Waals surface area contributed by atoms with Crippen LogP contribution in [0.25, 0.3) is 0 Å². The van der Waals surface area contributed by atoms with Crippen molar-refractivity contribution >= 4 is 5.96 Å². The van der Waals surface area contributed by atoms with Crippen molar-refractivity contribution in [3.63, 3.8) is 0 Å². The van der Waals surface area contributed by atoms with Crippen LogP contribution in [-0.4, -0.2) is 17.7 Å². The molecule has 0 unspecified atom stereocenters. The van der Waals surface area contributed by atoms with Gasteiger partial charge in [0.25, 0.3) is 0 Å². The van der Waals surface area contributed by atoms with Crippen LogP contribution >= 0.6 is 0 Å². The van der Waals surface area contributed by atoms with Crippen molar-refractivity contribution in [3.8, 4) is 0 Å². The maximum absolute atomic E-state index is 5.66. The van der Waals surface area contributed by atoms with Crippen molar-refractivity contribution < 1.29 is 4.52 Å². The van der Waals surface area contributed by atoms with Crippen LogP contribution in [0.4, 0.5) is 0 Å². The van der Waals surface area contributed by atoms with E-state index in [1.165, 1.54) is 0 Å². The number of aliphatic imine (C=N–C) groups is 1. The molecule has 1 aromatic rings. The summed E-state index contributed by atoms with van der Waals surface area (Å²) in [7, 11) is 0. The van der Waals surface area contributed by atoms with E-state index in [2.05, 4.69) is 22.4 Å². The maximum atomic E-state index is 5.66. The topological polar surface area (TPSA) is 76.4 Å². The van der Waals surface area contributed by atoms with Gasteiger partial charge in [-0.3, -0.25) is 0 Å². The Labute approximate surface area is 89.7 Å². The molecular formula is C10H18N4O. The van der Waals surface area contributed by atoms with Gasteiger partial charge in [-0.05, 0) is 20.3 Å². The van der Waals surface area contributed by atoms with Crippen molar-refractivity contribution in [1.29, 1.82) is 0 Å². The number of hydrogen-bond acceptors (Lipinski definition) is 3. The van der Waals surface area contributed by atoms with E-state index < -0.39 is 0 Å². The molecule has 0 aliphatic rings. The first-order chi connectivity index (χ1) is 7.15. The van der Waals surface area contributed by atoms with E-state index in [-0.39, 0.29) is 0 Å². The van der Waals surface area contributed by atoms with Crippen molar-refractivity contribution in [2.24, 2.45) is 10.7 Å². The molecule has 0 fully saturated rings. The zero-order chi connectivity index (χ0) is 11.3. The number of aromatic nitrogens is 1. The number of nitrogens with one attached hydrogen (secondary N) is 1. The monoisotopic (exact) mass is 210 g/mol. The van der Waals surface area contributed by atoms with E-state index in [0.29, 0.717) is 12.5 Å². The van der Waals surface area contributed by atoms with Gasteiger partial charge in [0.1, 0.15) is 5.76 Å². The lowest BCUT2D eigenvalue weighted by atomic mass is 10.2. The Morgan fingerprint density at radius 2 is 2.27 bits per heavy atom. The lowest BCUT2D eigenvalue weighted by molar-refractivity contribution is 0.392. The predicted octanol–water partition coefficient (Wildman–Crippen LogP) is 1.11. The van der Waals surface area contributed by atoms with Gasteiger partial charge < -0.3 is 15.6 Å². The first-order valence-electron chi connectivity index (χ1n) is 5.10. The highest BCUT2D eigenvalue weighted by Crippen LogP contribution is 2.12. The molecule has 0 atom stereocenters. The van der Waals surface area contributed by atoms with E-state index >= 15 is 0 Å². The summed E-state index contributed by atoms with van der Waals surface area (Å²) >= 11 is 0. The van der Waals surface area contributed by atoms with E-state index in [9.17, 15) is 0 Å². The van der Waals surface area contributed by atoms with E-state index in [1.54, 1.807) is 0 Å². The summed E-state index contributed by atoms with van der Waals surface area (Å²) in [5.41, 5.74) is 7.55. The molecule has 1 rings (SSSR count). The van der Waals surface area contributed by atoms with Gasteiger partial charge in [0, 0.05) is 12.1 Å². The summed E-state index contributed by atoms with van der Waals surface area (Å²) in [4.78, 5) is 4.21. The summed E-state index contributed by atoms with van der Waals surface area (Å²) in [6.45, 7) is 7.22. The Hall–Kier alpha value is -1.52. The Kier molecular flexibility index (Phi) is 4.15. The van der Waals surface area contributed by atoms with Crippen LogP contribution in [0.2, 0.25) is 0 Å². The second kappa shape index (κ2) is 5.38. The highest BCUT2D eigenvalue weighted by atomic mass is 16.5. The average molecular weight is 210 g/mol. The molecule has 5 nitrogen and oxygen atoms in total. The normalized spacial score (nSPS) is 11.8. The SMILES string of the molecule is CCCNC(N)=NCc1c(C)noc1C. The Balaban J connectivity index is 2.55. The summed E-state index contributed by atoms with van der Waals surface area (Å²) in [5.74, 6) is 1.27. The number of guanidine groups is 1. The standard InChI is InChI=1S/C10H18N4O/c1-4-5-12-10(11)13-6-9-7(2)14-15-8(9)3/h4-6H2,1-3H3,(H3,11,12,13). The quantitative estimate of drug-likeness (QED) is 0.576. The summed E-state index contributed by atoms with van der Waals surface area (Å²) < 4.78 is 5.03. The van der Waals surface area contributed by atoms with Gasteiger partial charge in [-0.2, -0.15) is 0 Å². The average Bonchev–Trinajstić information content (AvgIpc) is 2.53. The molecule has 0 aliphatic carbocycles. The first-order valence-corrected chi connectivity index (χ1v) is 5.10. The molecule has 0 saturated carbocycles. The molecule has 5 heteroatoms. The summed E-state index contributed by atoms with van der Waals surface area (Å²) in [5, 5.41) is 6.86. The van der Waals surface area contributed by atoms with Crippen LogP contribution in [0.5, 0.6) is 0 Å². The van der Waals surface area contributed by atoms with Crippen LogP contribution in [0.1, 0.15) is 30.4 Å². The van der Waals surface area contributed by atoms with Gasteiger partial charge >= 0.3 is 0 Å². The van der Waals surface area contributed by atoms with Crippen molar-refractivity contribution in [2.45, 2.75) is 33.7 Å². The molecule has 0 bridgehead atoms. The molecule has 0 aliphatic heterocycles. The van der Waals surface area contributed by atoms with Gasteiger partial charge in [-0.1, -0.05) is 12.1 Å². The van der Waals surface area contributed by atoms with E-state index in [4.69, 9.17) is 10.3 Å². The minimum Gasteiger partial charge on any atom is -0.370 e.